The average molecular weight is 225 g/mol. The molecule has 0 saturated carbocycles. The van der Waals surface area contributed by atoms with E-state index in [1.807, 2.05) is 0 Å². The van der Waals surface area contributed by atoms with Gasteiger partial charge in [0.1, 0.15) is 5.54 Å². The third-order valence-electron chi connectivity index (χ3n) is 3.38. The molecule has 2 rings (SSSR count). The Labute approximate surface area is 95.6 Å². The van der Waals surface area contributed by atoms with Gasteiger partial charge in [0, 0.05) is 6.54 Å². The summed E-state index contributed by atoms with van der Waals surface area (Å²) >= 11 is 0. The van der Waals surface area contributed by atoms with Crippen molar-refractivity contribution in [3.8, 4) is 0 Å². The zero-order chi connectivity index (χ0) is 11.8. The normalized spacial score (nSPS) is 24.3. The summed E-state index contributed by atoms with van der Waals surface area (Å²) in [6.07, 6.45) is 1.44. The van der Waals surface area contributed by atoms with E-state index in [9.17, 15) is 9.59 Å². The monoisotopic (exact) mass is 225 g/mol. The predicted octanol–water partition coefficient (Wildman–Crippen LogP) is 0.316. The first-order valence-corrected chi connectivity index (χ1v) is 5.90. The van der Waals surface area contributed by atoms with Crippen LogP contribution in [0.1, 0.15) is 26.7 Å². The number of urea groups is 1. The van der Waals surface area contributed by atoms with Crippen molar-refractivity contribution in [2.75, 3.05) is 19.6 Å². The number of piperidine rings is 1. The molecule has 0 aromatic heterocycles. The summed E-state index contributed by atoms with van der Waals surface area (Å²) in [5.74, 6) is 0.267. The van der Waals surface area contributed by atoms with Crippen LogP contribution >= 0.6 is 0 Å². The minimum atomic E-state index is -0.577. The first-order chi connectivity index (χ1) is 7.56. The summed E-state index contributed by atoms with van der Waals surface area (Å²) < 4.78 is 0. The standard InChI is InChI=1S/C11H19N3O2/c1-8(2)7-14-10(16)13-9(15)11(14)3-5-12-6-4-11/h8,12H,3-7H2,1-2H3,(H,13,15,16). The van der Waals surface area contributed by atoms with Crippen molar-refractivity contribution in [1.82, 2.24) is 15.5 Å². The maximum atomic E-state index is 12.0. The van der Waals surface area contributed by atoms with Crippen molar-refractivity contribution >= 4 is 11.9 Å². The summed E-state index contributed by atoms with van der Waals surface area (Å²) in [5.41, 5.74) is -0.577. The molecule has 5 nitrogen and oxygen atoms in total. The third-order valence-corrected chi connectivity index (χ3v) is 3.38. The number of imide groups is 1. The molecular formula is C11H19N3O2. The molecule has 16 heavy (non-hydrogen) atoms. The summed E-state index contributed by atoms with van der Waals surface area (Å²) in [6.45, 7) is 6.37. The molecule has 3 amide bonds. The van der Waals surface area contributed by atoms with Crippen molar-refractivity contribution in [3.63, 3.8) is 0 Å². The molecule has 0 aromatic rings. The molecule has 2 aliphatic rings. The highest BCUT2D eigenvalue weighted by atomic mass is 16.2. The first-order valence-electron chi connectivity index (χ1n) is 5.90. The van der Waals surface area contributed by atoms with E-state index in [4.69, 9.17) is 0 Å². The van der Waals surface area contributed by atoms with E-state index in [1.165, 1.54) is 0 Å². The number of hydrogen-bond donors (Lipinski definition) is 2. The molecule has 1 spiro atoms. The quantitative estimate of drug-likeness (QED) is 0.665. The van der Waals surface area contributed by atoms with Crippen LogP contribution in [0.15, 0.2) is 0 Å². The van der Waals surface area contributed by atoms with Gasteiger partial charge < -0.3 is 10.2 Å². The number of carbonyl (C=O) groups is 2. The maximum Gasteiger partial charge on any atom is 0.325 e. The predicted molar refractivity (Wildman–Crippen MR) is 59.9 cm³/mol. The number of nitrogens with one attached hydrogen (secondary N) is 2. The van der Waals surface area contributed by atoms with Crippen molar-refractivity contribution in [2.24, 2.45) is 5.92 Å². The van der Waals surface area contributed by atoms with Gasteiger partial charge in [0.2, 0.25) is 0 Å². The van der Waals surface area contributed by atoms with Gasteiger partial charge in [-0.05, 0) is 31.8 Å². The van der Waals surface area contributed by atoms with Gasteiger partial charge in [-0.2, -0.15) is 0 Å². The van der Waals surface area contributed by atoms with Gasteiger partial charge in [0.15, 0.2) is 0 Å². The van der Waals surface area contributed by atoms with E-state index in [2.05, 4.69) is 24.5 Å². The summed E-state index contributed by atoms with van der Waals surface area (Å²) in [5, 5.41) is 5.68. The van der Waals surface area contributed by atoms with E-state index in [1.54, 1.807) is 4.90 Å². The Morgan fingerprint density at radius 3 is 2.50 bits per heavy atom. The second kappa shape index (κ2) is 4.05. The molecule has 2 heterocycles. The van der Waals surface area contributed by atoms with Crippen LogP contribution in [0.2, 0.25) is 0 Å². The third kappa shape index (κ3) is 1.69. The highest BCUT2D eigenvalue weighted by Crippen LogP contribution is 2.31. The second-order valence-corrected chi connectivity index (χ2v) is 5.05. The molecule has 0 bridgehead atoms. The fourth-order valence-corrected chi connectivity index (χ4v) is 2.56. The van der Waals surface area contributed by atoms with E-state index >= 15 is 0 Å². The van der Waals surface area contributed by atoms with E-state index in [-0.39, 0.29) is 11.9 Å². The van der Waals surface area contributed by atoms with Crippen molar-refractivity contribution in [3.05, 3.63) is 0 Å². The molecule has 2 aliphatic heterocycles. The lowest BCUT2D eigenvalue weighted by Gasteiger charge is -2.39. The molecular weight excluding hydrogens is 206 g/mol. The Morgan fingerprint density at radius 1 is 1.31 bits per heavy atom. The Balaban J connectivity index is 2.24. The largest absolute Gasteiger partial charge is 0.325 e. The molecule has 2 N–H and O–H groups in total. The lowest BCUT2D eigenvalue weighted by molar-refractivity contribution is -0.128. The van der Waals surface area contributed by atoms with Gasteiger partial charge in [-0.3, -0.25) is 10.1 Å². The SMILES string of the molecule is CC(C)CN1C(=O)NC(=O)C12CCNCC2. The summed E-state index contributed by atoms with van der Waals surface area (Å²) in [7, 11) is 0. The molecule has 0 unspecified atom stereocenters. The second-order valence-electron chi connectivity index (χ2n) is 5.05. The molecule has 0 aliphatic carbocycles. The molecule has 90 valence electrons. The van der Waals surface area contributed by atoms with Gasteiger partial charge in [0.05, 0.1) is 0 Å². The summed E-state index contributed by atoms with van der Waals surface area (Å²) in [4.78, 5) is 25.5. The van der Waals surface area contributed by atoms with Crippen LogP contribution in [0.3, 0.4) is 0 Å². The van der Waals surface area contributed by atoms with Gasteiger partial charge in [-0.25, -0.2) is 4.79 Å². The lowest BCUT2D eigenvalue weighted by atomic mass is 9.86. The van der Waals surface area contributed by atoms with Crippen LogP contribution < -0.4 is 10.6 Å². The average Bonchev–Trinajstić information content (AvgIpc) is 2.44. The van der Waals surface area contributed by atoms with E-state index < -0.39 is 5.54 Å². The Hall–Kier alpha value is -1.10. The minimum absolute atomic E-state index is 0.111. The Morgan fingerprint density at radius 2 is 1.94 bits per heavy atom. The van der Waals surface area contributed by atoms with Crippen molar-refractivity contribution < 1.29 is 9.59 Å². The van der Waals surface area contributed by atoms with Crippen LogP contribution in [0.5, 0.6) is 0 Å². The van der Waals surface area contributed by atoms with Crippen LogP contribution in [0, 0.1) is 5.92 Å². The van der Waals surface area contributed by atoms with E-state index in [0.717, 1.165) is 25.9 Å². The lowest BCUT2D eigenvalue weighted by Crippen LogP contribution is -2.56. The molecule has 0 radical (unpaired) electrons. The number of hydrogen-bond acceptors (Lipinski definition) is 3. The van der Waals surface area contributed by atoms with Crippen molar-refractivity contribution in [1.29, 1.82) is 0 Å². The van der Waals surface area contributed by atoms with Crippen LogP contribution in [0.25, 0.3) is 0 Å². The molecule has 2 saturated heterocycles. The van der Waals surface area contributed by atoms with Gasteiger partial charge in [0.25, 0.3) is 5.91 Å². The fraction of sp³-hybridized carbons (Fsp3) is 0.818. The van der Waals surface area contributed by atoms with Gasteiger partial charge >= 0.3 is 6.03 Å². The Kier molecular flexibility index (Phi) is 2.88. The highest BCUT2D eigenvalue weighted by molar-refractivity contribution is 6.07. The molecule has 2 fully saturated rings. The number of rotatable bonds is 2. The zero-order valence-corrected chi connectivity index (χ0v) is 9.88. The first kappa shape index (κ1) is 11.4. The topological polar surface area (TPSA) is 61.4 Å². The number of carbonyl (C=O) groups excluding carboxylic acids is 2. The van der Waals surface area contributed by atoms with Gasteiger partial charge in [-0.15, -0.1) is 0 Å². The molecule has 0 atom stereocenters. The van der Waals surface area contributed by atoms with Crippen LogP contribution in [-0.2, 0) is 4.79 Å². The van der Waals surface area contributed by atoms with Crippen LogP contribution in [0.4, 0.5) is 4.79 Å². The molecule has 0 aromatic carbocycles. The molecule has 5 heteroatoms. The zero-order valence-electron chi connectivity index (χ0n) is 9.88. The Bertz CT molecular complexity index is 308. The van der Waals surface area contributed by atoms with E-state index in [0.29, 0.717) is 12.5 Å². The summed E-state index contributed by atoms with van der Waals surface area (Å²) in [6, 6.07) is -0.222. The smallest absolute Gasteiger partial charge is 0.317 e. The fourth-order valence-electron chi connectivity index (χ4n) is 2.56. The highest BCUT2D eigenvalue weighted by Gasteiger charge is 2.52. The van der Waals surface area contributed by atoms with Crippen LogP contribution in [-0.4, -0.2) is 42.0 Å². The number of nitrogens with zero attached hydrogens (tertiary/aromatic N) is 1. The van der Waals surface area contributed by atoms with Crippen molar-refractivity contribution in [2.45, 2.75) is 32.2 Å². The minimum Gasteiger partial charge on any atom is -0.317 e. The van der Waals surface area contributed by atoms with Gasteiger partial charge in [-0.1, -0.05) is 13.8 Å². The number of amides is 3. The maximum absolute atomic E-state index is 12.0.